The number of nitrogens with one attached hydrogen (secondary N) is 1. The van der Waals surface area contributed by atoms with Crippen LogP contribution in [0.2, 0.25) is 0 Å². The number of aliphatic carboxylic acids is 1. The Kier molecular flexibility index (Phi) is 8.11. The molecule has 1 unspecified atom stereocenters. The van der Waals surface area contributed by atoms with Crippen LogP contribution in [-0.4, -0.2) is 54.9 Å². The Balaban J connectivity index is 4.41. The summed E-state index contributed by atoms with van der Waals surface area (Å²) in [5, 5.41) is 11.5. The molecule has 0 fully saturated rings. The summed E-state index contributed by atoms with van der Waals surface area (Å²) in [5.41, 5.74) is 0. The molecule has 0 saturated carbocycles. The number of amides is 2. The minimum absolute atomic E-state index is 0.261. The molecule has 0 spiro atoms. The summed E-state index contributed by atoms with van der Waals surface area (Å²) in [6.45, 7) is 7.35. The highest BCUT2D eigenvalue weighted by atomic mass is 16.5. The van der Waals surface area contributed by atoms with Crippen LogP contribution >= 0.6 is 0 Å². The summed E-state index contributed by atoms with van der Waals surface area (Å²) in [6.07, 6.45) is 0.261. The van der Waals surface area contributed by atoms with Crippen LogP contribution in [0.15, 0.2) is 0 Å². The first-order valence-corrected chi connectivity index (χ1v) is 6.19. The molecule has 2 N–H and O–H groups in total. The maximum Gasteiger partial charge on any atom is 0.326 e. The lowest BCUT2D eigenvalue weighted by atomic mass is 10.2. The third kappa shape index (κ3) is 6.44. The lowest BCUT2D eigenvalue weighted by molar-refractivity contribution is -0.139. The fraction of sp³-hybridized carbons (Fsp3) is 0.833. The van der Waals surface area contributed by atoms with Crippen LogP contribution in [-0.2, 0) is 9.53 Å². The summed E-state index contributed by atoms with van der Waals surface area (Å²) >= 11 is 0. The van der Waals surface area contributed by atoms with Crippen molar-refractivity contribution in [3.05, 3.63) is 0 Å². The van der Waals surface area contributed by atoms with E-state index in [0.717, 1.165) is 0 Å². The second-order valence-electron chi connectivity index (χ2n) is 4.55. The molecule has 0 aromatic heterocycles. The highest BCUT2D eigenvalue weighted by Gasteiger charge is 2.22. The van der Waals surface area contributed by atoms with E-state index in [9.17, 15) is 9.59 Å². The molecule has 0 aliphatic rings. The molecule has 2 amide bonds. The van der Waals surface area contributed by atoms with Gasteiger partial charge in [-0.3, -0.25) is 0 Å². The Morgan fingerprint density at radius 3 is 2.39 bits per heavy atom. The first-order valence-electron chi connectivity index (χ1n) is 6.19. The number of carboxylic acid groups (broad SMARTS) is 1. The summed E-state index contributed by atoms with van der Waals surface area (Å²) in [7, 11) is 1.50. The van der Waals surface area contributed by atoms with Gasteiger partial charge in [0.25, 0.3) is 0 Å². The second-order valence-corrected chi connectivity index (χ2v) is 4.55. The molecule has 0 aromatic rings. The molecule has 0 saturated heterocycles. The topological polar surface area (TPSA) is 78.9 Å². The largest absolute Gasteiger partial charge is 0.480 e. The highest BCUT2D eigenvalue weighted by Crippen LogP contribution is 2.01. The van der Waals surface area contributed by atoms with Crippen LogP contribution in [0.1, 0.15) is 27.2 Å². The van der Waals surface area contributed by atoms with Crippen molar-refractivity contribution in [2.45, 2.75) is 33.2 Å². The van der Waals surface area contributed by atoms with E-state index < -0.39 is 12.0 Å². The van der Waals surface area contributed by atoms with Crippen LogP contribution in [0.5, 0.6) is 0 Å². The van der Waals surface area contributed by atoms with Gasteiger partial charge in [-0.2, -0.15) is 0 Å². The van der Waals surface area contributed by atoms with E-state index in [2.05, 4.69) is 5.32 Å². The van der Waals surface area contributed by atoms with Crippen LogP contribution < -0.4 is 5.32 Å². The summed E-state index contributed by atoms with van der Waals surface area (Å²) in [4.78, 5) is 24.5. The van der Waals surface area contributed by atoms with E-state index in [-0.39, 0.29) is 12.5 Å². The van der Waals surface area contributed by atoms with Gasteiger partial charge in [0.2, 0.25) is 0 Å². The van der Waals surface area contributed by atoms with Gasteiger partial charge in [0.15, 0.2) is 0 Å². The molecule has 6 nitrogen and oxygen atoms in total. The van der Waals surface area contributed by atoms with Crippen LogP contribution in [0.4, 0.5) is 4.79 Å². The Bertz CT molecular complexity index is 269. The van der Waals surface area contributed by atoms with Crippen molar-refractivity contribution < 1.29 is 19.4 Å². The molecular weight excluding hydrogens is 236 g/mol. The monoisotopic (exact) mass is 260 g/mol. The van der Waals surface area contributed by atoms with Gasteiger partial charge >= 0.3 is 12.0 Å². The first kappa shape index (κ1) is 16.7. The number of hydrogen-bond acceptors (Lipinski definition) is 3. The number of hydrogen-bond donors (Lipinski definition) is 2. The van der Waals surface area contributed by atoms with Crippen LogP contribution in [0.3, 0.4) is 0 Å². The number of methoxy groups -OCH3 is 1. The molecule has 18 heavy (non-hydrogen) atoms. The molecule has 1 atom stereocenters. The zero-order valence-corrected chi connectivity index (χ0v) is 11.6. The van der Waals surface area contributed by atoms with Gasteiger partial charge < -0.3 is 20.1 Å². The third-order valence-corrected chi connectivity index (χ3v) is 2.46. The SMILES string of the molecule is CCN(CC(C)C)C(=O)NC(CCOC)C(=O)O. The van der Waals surface area contributed by atoms with Crippen molar-refractivity contribution in [3.8, 4) is 0 Å². The van der Waals surface area contributed by atoms with Crippen molar-refractivity contribution >= 4 is 12.0 Å². The number of nitrogens with zero attached hydrogens (tertiary/aromatic N) is 1. The normalized spacial score (nSPS) is 12.3. The summed E-state index contributed by atoms with van der Waals surface area (Å²) < 4.78 is 4.83. The predicted molar refractivity (Wildman–Crippen MR) is 68.5 cm³/mol. The highest BCUT2D eigenvalue weighted by molar-refractivity contribution is 5.82. The van der Waals surface area contributed by atoms with E-state index in [4.69, 9.17) is 9.84 Å². The van der Waals surface area contributed by atoms with Crippen LogP contribution in [0.25, 0.3) is 0 Å². The summed E-state index contributed by atoms with van der Waals surface area (Å²) in [6, 6.07) is -1.24. The van der Waals surface area contributed by atoms with Crippen molar-refractivity contribution in [2.75, 3.05) is 26.8 Å². The smallest absolute Gasteiger partial charge is 0.326 e. The molecule has 0 heterocycles. The van der Waals surface area contributed by atoms with Crippen molar-refractivity contribution in [1.82, 2.24) is 10.2 Å². The molecule has 106 valence electrons. The summed E-state index contributed by atoms with van der Waals surface area (Å²) in [5.74, 6) is -0.695. The average molecular weight is 260 g/mol. The van der Waals surface area contributed by atoms with Gasteiger partial charge in [-0.1, -0.05) is 13.8 Å². The number of carbonyl (C=O) groups excluding carboxylic acids is 1. The number of carbonyl (C=O) groups is 2. The molecule has 0 radical (unpaired) electrons. The Labute approximate surface area is 108 Å². The van der Waals surface area contributed by atoms with E-state index in [1.165, 1.54) is 7.11 Å². The fourth-order valence-corrected chi connectivity index (χ4v) is 1.53. The number of carboxylic acids is 1. The standard InChI is InChI=1S/C12H24N2O4/c1-5-14(8-9(2)3)12(17)13-10(11(15)16)6-7-18-4/h9-10H,5-8H2,1-4H3,(H,13,17)(H,15,16). The van der Waals surface area contributed by atoms with E-state index >= 15 is 0 Å². The minimum atomic E-state index is -1.04. The zero-order valence-electron chi connectivity index (χ0n) is 11.6. The Hall–Kier alpha value is -1.30. The molecule has 0 bridgehead atoms. The predicted octanol–water partition coefficient (Wildman–Crippen LogP) is 1.16. The Morgan fingerprint density at radius 1 is 1.39 bits per heavy atom. The Morgan fingerprint density at radius 2 is 2.00 bits per heavy atom. The molecule has 0 aliphatic heterocycles. The zero-order chi connectivity index (χ0) is 14.1. The van der Waals surface area contributed by atoms with Crippen molar-refractivity contribution in [3.63, 3.8) is 0 Å². The quantitative estimate of drug-likeness (QED) is 0.686. The van der Waals surface area contributed by atoms with Crippen molar-refractivity contribution in [2.24, 2.45) is 5.92 Å². The van der Waals surface area contributed by atoms with Gasteiger partial charge in [0, 0.05) is 33.2 Å². The van der Waals surface area contributed by atoms with E-state index in [1.54, 1.807) is 4.90 Å². The van der Waals surface area contributed by atoms with E-state index in [1.807, 2.05) is 20.8 Å². The lowest BCUT2D eigenvalue weighted by Crippen LogP contribution is -2.49. The van der Waals surface area contributed by atoms with Gasteiger partial charge in [0.05, 0.1) is 0 Å². The molecule has 0 aromatic carbocycles. The maximum absolute atomic E-state index is 11.9. The van der Waals surface area contributed by atoms with E-state index in [0.29, 0.717) is 25.6 Å². The first-order chi connectivity index (χ1) is 8.42. The number of rotatable bonds is 8. The molecule has 0 aliphatic carbocycles. The van der Waals surface area contributed by atoms with Crippen LogP contribution in [0, 0.1) is 5.92 Å². The minimum Gasteiger partial charge on any atom is -0.480 e. The molecule has 6 heteroatoms. The molecule has 0 rings (SSSR count). The van der Waals surface area contributed by atoms with Gasteiger partial charge in [-0.15, -0.1) is 0 Å². The van der Waals surface area contributed by atoms with Gasteiger partial charge in [0.1, 0.15) is 6.04 Å². The van der Waals surface area contributed by atoms with Gasteiger partial charge in [-0.05, 0) is 12.8 Å². The molecular formula is C12H24N2O4. The fourth-order valence-electron chi connectivity index (χ4n) is 1.53. The lowest BCUT2D eigenvalue weighted by Gasteiger charge is -2.25. The van der Waals surface area contributed by atoms with Crippen molar-refractivity contribution in [1.29, 1.82) is 0 Å². The number of urea groups is 1. The van der Waals surface area contributed by atoms with Gasteiger partial charge in [-0.25, -0.2) is 9.59 Å². The second kappa shape index (κ2) is 8.74. The maximum atomic E-state index is 11.9. The average Bonchev–Trinajstić information content (AvgIpc) is 2.30. The third-order valence-electron chi connectivity index (χ3n) is 2.46. The number of ether oxygens (including phenoxy) is 1.